The molecule has 0 amide bonds. The molecule has 0 radical (unpaired) electrons. The standard InChI is InChI=1S/C20H16F6N4O3S/c1-3-33-16(31)18(32,20(24,25)26)15-28-9-13(34-15)11-6-10(2)7-12(8-11)29-17-27-5-4-14(30-17)19(21,22)23/h4-9,32H,3H2,1-2H3,(H,27,29,30). The number of aryl methyl sites for hydroxylation is 1. The molecular formula is C20H16F6N4O3S. The molecule has 0 bridgehead atoms. The largest absolute Gasteiger partial charge is 0.463 e. The molecule has 7 nitrogen and oxygen atoms in total. The lowest BCUT2D eigenvalue weighted by molar-refractivity contribution is -0.267. The number of hydrogen-bond acceptors (Lipinski definition) is 8. The summed E-state index contributed by atoms with van der Waals surface area (Å²) in [5, 5.41) is 11.9. The predicted molar refractivity (Wildman–Crippen MR) is 109 cm³/mol. The molecule has 1 unspecified atom stereocenters. The molecule has 0 saturated heterocycles. The van der Waals surface area contributed by atoms with Gasteiger partial charge in [-0.3, -0.25) is 0 Å². The van der Waals surface area contributed by atoms with E-state index in [0.717, 1.165) is 12.4 Å². The molecule has 1 aromatic carbocycles. The molecule has 14 heteroatoms. The number of nitrogens with one attached hydrogen (secondary N) is 1. The van der Waals surface area contributed by atoms with Crippen LogP contribution >= 0.6 is 11.3 Å². The first-order valence-corrected chi connectivity index (χ1v) is 10.3. The minimum Gasteiger partial charge on any atom is -0.463 e. The molecule has 3 aromatic rings. The molecule has 2 heterocycles. The molecule has 0 fully saturated rings. The van der Waals surface area contributed by atoms with Gasteiger partial charge in [0, 0.05) is 18.1 Å². The average Bonchev–Trinajstić information content (AvgIpc) is 3.22. The molecule has 2 N–H and O–H groups in total. The first kappa shape index (κ1) is 25.4. The number of carbonyl (C=O) groups is 1. The van der Waals surface area contributed by atoms with Crippen molar-refractivity contribution >= 4 is 28.9 Å². The molecule has 0 spiro atoms. The number of nitrogens with zero attached hydrogens (tertiary/aromatic N) is 3. The van der Waals surface area contributed by atoms with Crippen molar-refractivity contribution in [1.82, 2.24) is 15.0 Å². The van der Waals surface area contributed by atoms with E-state index >= 15 is 0 Å². The summed E-state index contributed by atoms with van der Waals surface area (Å²) in [6.45, 7) is 2.55. The lowest BCUT2D eigenvalue weighted by atomic mass is 10.1. The highest BCUT2D eigenvalue weighted by molar-refractivity contribution is 7.15. The maximum Gasteiger partial charge on any atom is 0.435 e. The van der Waals surface area contributed by atoms with Crippen molar-refractivity contribution in [2.24, 2.45) is 0 Å². The van der Waals surface area contributed by atoms with Gasteiger partial charge in [0.15, 0.2) is 0 Å². The van der Waals surface area contributed by atoms with Gasteiger partial charge in [-0.1, -0.05) is 6.07 Å². The third kappa shape index (κ3) is 5.12. The van der Waals surface area contributed by atoms with Crippen LogP contribution in [0.1, 0.15) is 23.2 Å². The highest BCUT2D eigenvalue weighted by Crippen LogP contribution is 2.43. The van der Waals surface area contributed by atoms with E-state index in [-0.39, 0.29) is 23.1 Å². The van der Waals surface area contributed by atoms with E-state index < -0.39 is 34.6 Å². The fraction of sp³-hybridized carbons (Fsp3) is 0.300. The second-order valence-corrected chi connectivity index (χ2v) is 7.96. The minimum absolute atomic E-state index is 0.152. The lowest BCUT2D eigenvalue weighted by Gasteiger charge is -2.25. The molecule has 3 rings (SSSR count). The zero-order chi connectivity index (χ0) is 25.3. The van der Waals surface area contributed by atoms with E-state index in [4.69, 9.17) is 0 Å². The Morgan fingerprint density at radius 1 is 1.15 bits per heavy atom. The first-order valence-electron chi connectivity index (χ1n) is 9.47. The van der Waals surface area contributed by atoms with Crippen LogP contribution in [0, 0.1) is 6.92 Å². The number of carbonyl (C=O) groups excluding carboxylic acids is 1. The van der Waals surface area contributed by atoms with Gasteiger partial charge in [-0.15, -0.1) is 11.3 Å². The number of halogens is 6. The average molecular weight is 506 g/mol. The Labute approximate surface area is 192 Å². The maximum atomic E-state index is 13.6. The van der Waals surface area contributed by atoms with Gasteiger partial charge >= 0.3 is 23.9 Å². The number of alkyl halides is 6. The summed E-state index contributed by atoms with van der Waals surface area (Å²) in [7, 11) is 0. The summed E-state index contributed by atoms with van der Waals surface area (Å²) in [6, 6.07) is 5.26. The third-order valence-electron chi connectivity index (χ3n) is 4.36. The van der Waals surface area contributed by atoms with Gasteiger partial charge < -0.3 is 15.2 Å². The highest BCUT2D eigenvalue weighted by atomic mass is 32.1. The van der Waals surface area contributed by atoms with Gasteiger partial charge in [0.2, 0.25) is 5.95 Å². The molecule has 0 saturated carbocycles. The van der Waals surface area contributed by atoms with E-state index in [1.807, 2.05) is 0 Å². The Bertz CT molecular complexity index is 1200. The van der Waals surface area contributed by atoms with Gasteiger partial charge in [-0.05, 0) is 43.2 Å². The van der Waals surface area contributed by atoms with Crippen molar-refractivity contribution in [3.63, 3.8) is 0 Å². The molecule has 0 aliphatic heterocycles. The number of aromatic nitrogens is 3. The number of esters is 1. The number of rotatable bonds is 6. The van der Waals surface area contributed by atoms with Crippen LogP contribution in [-0.2, 0) is 21.3 Å². The van der Waals surface area contributed by atoms with Crippen molar-refractivity contribution in [3.8, 4) is 10.4 Å². The summed E-state index contributed by atoms with van der Waals surface area (Å²) in [5.74, 6) is -2.25. The van der Waals surface area contributed by atoms with E-state index in [9.17, 15) is 36.2 Å². The van der Waals surface area contributed by atoms with Crippen molar-refractivity contribution in [3.05, 3.63) is 52.9 Å². The Balaban J connectivity index is 1.97. The van der Waals surface area contributed by atoms with Crippen LogP contribution < -0.4 is 5.32 Å². The molecule has 0 aliphatic carbocycles. The van der Waals surface area contributed by atoms with Gasteiger partial charge in [-0.2, -0.15) is 26.3 Å². The summed E-state index contributed by atoms with van der Waals surface area (Å²) in [6.07, 6.45) is -8.11. The fourth-order valence-corrected chi connectivity index (χ4v) is 3.84. The van der Waals surface area contributed by atoms with Crippen LogP contribution in [0.2, 0.25) is 0 Å². The second-order valence-electron chi connectivity index (χ2n) is 6.93. The van der Waals surface area contributed by atoms with Crippen LogP contribution in [-0.4, -0.2) is 38.8 Å². The Hall–Kier alpha value is -3.26. The monoisotopic (exact) mass is 506 g/mol. The molecule has 2 aromatic heterocycles. The van der Waals surface area contributed by atoms with E-state index in [2.05, 4.69) is 25.0 Å². The topological polar surface area (TPSA) is 97.2 Å². The van der Waals surface area contributed by atoms with Crippen LogP contribution in [0.4, 0.5) is 38.0 Å². The summed E-state index contributed by atoms with van der Waals surface area (Å²) >= 11 is 0.414. The fourth-order valence-electron chi connectivity index (χ4n) is 2.84. The maximum absolute atomic E-state index is 13.6. The first-order chi connectivity index (χ1) is 15.8. The normalized spacial score (nSPS) is 13.9. The van der Waals surface area contributed by atoms with Crippen molar-refractivity contribution in [1.29, 1.82) is 0 Å². The number of benzene rings is 1. The van der Waals surface area contributed by atoms with Gasteiger partial charge in [-0.25, -0.2) is 19.7 Å². The van der Waals surface area contributed by atoms with E-state index in [1.54, 1.807) is 19.1 Å². The van der Waals surface area contributed by atoms with Crippen LogP contribution in [0.15, 0.2) is 36.7 Å². The van der Waals surface area contributed by atoms with Crippen molar-refractivity contribution in [2.75, 3.05) is 11.9 Å². The van der Waals surface area contributed by atoms with Crippen molar-refractivity contribution < 1.29 is 41.0 Å². The lowest BCUT2D eigenvalue weighted by Crippen LogP contribution is -2.50. The Morgan fingerprint density at radius 2 is 1.85 bits per heavy atom. The zero-order valence-electron chi connectivity index (χ0n) is 17.5. The second kappa shape index (κ2) is 9.18. The van der Waals surface area contributed by atoms with Gasteiger partial charge in [0.25, 0.3) is 0 Å². The summed E-state index contributed by atoms with van der Waals surface area (Å²) < 4.78 is 83.8. The quantitative estimate of drug-likeness (QED) is 0.359. The van der Waals surface area contributed by atoms with E-state index in [0.29, 0.717) is 28.5 Å². The summed E-state index contributed by atoms with van der Waals surface area (Å²) in [5.41, 5.74) is -3.94. The minimum atomic E-state index is -5.39. The summed E-state index contributed by atoms with van der Waals surface area (Å²) in [4.78, 5) is 22.8. The molecule has 182 valence electrons. The van der Waals surface area contributed by atoms with Gasteiger partial charge in [0.1, 0.15) is 10.7 Å². The smallest absolute Gasteiger partial charge is 0.435 e. The molecular weight excluding hydrogens is 490 g/mol. The molecule has 0 aliphatic rings. The number of ether oxygens (including phenoxy) is 1. The Morgan fingerprint density at radius 3 is 2.47 bits per heavy atom. The number of hydrogen-bond donors (Lipinski definition) is 2. The van der Waals surface area contributed by atoms with Crippen LogP contribution in [0.25, 0.3) is 10.4 Å². The van der Waals surface area contributed by atoms with Crippen LogP contribution in [0.3, 0.4) is 0 Å². The zero-order valence-corrected chi connectivity index (χ0v) is 18.3. The number of thiazole rings is 1. The molecule has 1 atom stereocenters. The number of anilines is 2. The number of aliphatic hydroxyl groups is 1. The highest BCUT2D eigenvalue weighted by Gasteiger charge is 2.64. The molecule has 34 heavy (non-hydrogen) atoms. The predicted octanol–water partition coefficient (Wildman–Crippen LogP) is 4.98. The SMILES string of the molecule is CCOC(=O)C(O)(c1ncc(-c2cc(C)cc(Nc3nccc(C(F)(F)F)n3)c2)s1)C(F)(F)F. The third-order valence-corrected chi connectivity index (χ3v) is 5.52. The van der Waals surface area contributed by atoms with E-state index in [1.165, 1.54) is 13.0 Å². The van der Waals surface area contributed by atoms with Gasteiger partial charge in [0.05, 0.1) is 11.5 Å². The van der Waals surface area contributed by atoms with Crippen LogP contribution in [0.5, 0.6) is 0 Å². The Kier molecular flexibility index (Phi) is 6.85. The van der Waals surface area contributed by atoms with Crippen molar-refractivity contribution in [2.45, 2.75) is 31.8 Å².